The number of carboxylic acids is 1. The van der Waals surface area contributed by atoms with Gasteiger partial charge in [0.2, 0.25) is 0 Å². The molecule has 0 heterocycles. The van der Waals surface area contributed by atoms with Crippen molar-refractivity contribution in [3.8, 4) is 0 Å². The third kappa shape index (κ3) is 3.55. The topological polar surface area (TPSA) is 69.6 Å². The molecule has 0 aliphatic heterocycles. The molecule has 1 aromatic carbocycles. The van der Waals surface area contributed by atoms with Crippen molar-refractivity contribution in [3.05, 3.63) is 29.3 Å². The van der Waals surface area contributed by atoms with Crippen molar-refractivity contribution < 1.29 is 15.0 Å². The van der Waals surface area contributed by atoms with Crippen LogP contribution in [0.2, 0.25) is 0 Å². The number of carboxylic acid groups (broad SMARTS) is 1. The van der Waals surface area contributed by atoms with Crippen molar-refractivity contribution in [3.63, 3.8) is 0 Å². The standard InChI is InChI=1S/C12H17NO3/c1-8-4-5-9(11(14)15)10(6-8)13-7-12(2,3)16/h4-6,13,16H,7H2,1-3H3,(H,14,15). The summed E-state index contributed by atoms with van der Waals surface area (Å²) in [6.07, 6.45) is 0. The highest BCUT2D eigenvalue weighted by Gasteiger charge is 2.15. The van der Waals surface area contributed by atoms with Gasteiger partial charge in [0.1, 0.15) is 0 Å². The van der Waals surface area contributed by atoms with E-state index in [0.29, 0.717) is 12.2 Å². The van der Waals surface area contributed by atoms with Crippen LogP contribution in [0.15, 0.2) is 18.2 Å². The Morgan fingerprint density at radius 1 is 1.44 bits per heavy atom. The van der Waals surface area contributed by atoms with E-state index in [4.69, 9.17) is 5.11 Å². The molecule has 3 N–H and O–H groups in total. The summed E-state index contributed by atoms with van der Waals surface area (Å²) in [5.41, 5.74) is 0.854. The minimum atomic E-state index is -0.974. The normalized spacial score (nSPS) is 11.2. The number of carbonyl (C=O) groups is 1. The average molecular weight is 223 g/mol. The molecule has 88 valence electrons. The highest BCUT2D eigenvalue weighted by atomic mass is 16.4. The predicted molar refractivity (Wildman–Crippen MR) is 62.9 cm³/mol. The summed E-state index contributed by atoms with van der Waals surface area (Å²) in [7, 11) is 0. The van der Waals surface area contributed by atoms with Gasteiger partial charge in [0.05, 0.1) is 11.2 Å². The van der Waals surface area contributed by atoms with Crippen LogP contribution in [0.25, 0.3) is 0 Å². The van der Waals surface area contributed by atoms with E-state index in [9.17, 15) is 9.90 Å². The quantitative estimate of drug-likeness (QED) is 0.729. The highest BCUT2D eigenvalue weighted by molar-refractivity contribution is 5.94. The Morgan fingerprint density at radius 3 is 2.56 bits per heavy atom. The van der Waals surface area contributed by atoms with Crippen LogP contribution in [-0.2, 0) is 0 Å². The molecule has 0 spiro atoms. The lowest BCUT2D eigenvalue weighted by Gasteiger charge is -2.19. The zero-order valence-corrected chi connectivity index (χ0v) is 9.74. The van der Waals surface area contributed by atoms with Crippen LogP contribution in [0.4, 0.5) is 5.69 Å². The monoisotopic (exact) mass is 223 g/mol. The molecule has 1 rings (SSSR count). The fourth-order valence-electron chi connectivity index (χ4n) is 1.30. The van der Waals surface area contributed by atoms with Crippen molar-refractivity contribution in [2.45, 2.75) is 26.4 Å². The molecule has 0 unspecified atom stereocenters. The fraction of sp³-hybridized carbons (Fsp3) is 0.417. The summed E-state index contributed by atoms with van der Waals surface area (Å²) in [6.45, 7) is 5.52. The second-order valence-corrected chi connectivity index (χ2v) is 4.52. The first-order valence-electron chi connectivity index (χ1n) is 5.10. The number of hydrogen-bond donors (Lipinski definition) is 3. The lowest BCUT2D eigenvalue weighted by Crippen LogP contribution is -2.29. The van der Waals surface area contributed by atoms with Crippen LogP contribution in [0, 0.1) is 6.92 Å². The van der Waals surface area contributed by atoms with Gasteiger partial charge in [-0.15, -0.1) is 0 Å². The third-order valence-corrected chi connectivity index (χ3v) is 2.12. The maximum atomic E-state index is 11.0. The van der Waals surface area contributed by atoms with Gasteiger partial charge in [-0.05, 0) is 38.5 Å². The number of aliphatic hydroxyl groups is 1. The van der Waals surface area contributed by atoms with Crippen molar-refractivity contribution in [2.75, 3.05) is 11.9 Å². The Kier molecular flexibility index (Phi) is 3.55. The summed E-state index contributed by atoms with van der Waals surface area (Å²) in [5, 5.41) is 21.5. The Balaban J connectivity index is 2.93. The van der Waals surface area contributed by atoms with E-state index in [-0.39, 0.29) is 5.56 Å². The molecule has 0 amide bonds. The minimum Gasteiger partial charge on any atom is -0.478 e. The van der Waals surface area contributed by atoms with Crippen LogP contribution in [-0.4, -0.2) is 28.3 Å². The molecule has 0 radical (unpaired) electrons. The van der Waals surface area contributed by atoms with Crippen molar-refractivity contribution in [1.82, 2.24) is 0 Å². The van der Waals surface area contributed by atoms with E-state index in [1.165, 1.54) is 0 Å². The molecule has 0 bridgehead atoms. The van der Waals surface area contributed by atoms with Crippen molar-refractivity contribution in [1.29, 1.82) is 0 Å². The van der Waals surface area contributed by atoms with Gasteiger partial charge in [-0.1, -0.05) is 6.07 Å². The lowest BCUT2D eigenvalue weighted by molar-refractivity contribution is 0.0696. The van der Waals surface area contributed by atoms with Gasteiger partial charge in [0.15, 0.2) is 0 Å². The van der Waals surface area contributed by atoms with Gasteiger partial charge in [-0.3, -0.25) is 0 Å². The first-order chi connectivity index (χ1) is 7.29. The van der Waals surface area contributed by atoms with Gasteiger partial charge >= 0.3 is 5.97 Å². The molecule has 1 aromatic rings. The van der Waals surface area contributed by atoms with E-state index in [0.717, 1.165) is 5.56 Å². The van der Waals surface area contributed by atoms with E-state index in [2.05, 4.69) is 5.32 Å². The first-order valence-corrected chi connectivity index (χ1v) is 5.10. The summed E-state index contributed by atoms with van der Waals surface area (Å²) in [6, 6.07) is 5.07. The number of hydrogen-bond acceptors (Lipinski definition) is 3. The molecule has 0 aromatic heterocycles. The third-order valence-electron chi connectivity index (χ3n) is 2.12. The molecule has 0 aliphatic rings. The number of aromatic carboxylic acids is 1. The molecule has 0 aliphatic carbocycles. The zero-order valence-electron chi connectivity index (χ0n) is 9.74. The molecular weight excluding hydrogens is 206 g/mol. The minimum absolute atomic E-state index is 0.217. The molecule has 0 atom stereocenters. The summed E-state index contributed by atoms with van der Waals surface area (Å²) >= 11 is 0. The SMILES string of the molecule is Cc1ccc(C(=O)O)c(NCC(C)(C)O)c1. The van der Waals surface area contributed by atoms with Gasteiger partial charge < -0.3 is 15.5 Å². The Hall–Kier alpha value is -1.55. The molecular formula is C12H17NO3. The maximum Gasteiger partial charge on any atom is 0.337 e. The van der Waals surface area contributed by atoms with Gasteiger partial charge in [0, 0.05) is 12.2 Å². The summed E-state index contributed by atoms with van der Waals surface area (Å²) < 4.78 is 0. The molecule has 16 heavy (non-hydrogen) atoms. The number of anilines is 1. The fourth-order valence-corrected chi connectivity index (χ4v) is 1.30. The molecule has 4 heteroatoms. The van der Waals surface area contributed by atoms with Crippen LogP contribution >= 0.6 is 0 Å². The number of nitrogens with one attached hydrogen (secondary N) is 1. The number of benzene rings is 1. The predicted octanol–water partition coefficient (Wildman–Crippen LogP) is 1.88. The molecule has 0 saturated heterocycles. The van der Waals surface area contributed by atoms with E-state index in [1.807, 2.05) is 6.92 Å². The summed E-state index contributed by atoms with van der Waals surface area (Å²) in [5.74, 6) is -0.974. The van der Waals surface area contributed by atoms with E-state index in [1.54, 1.807) is 32.0 Å². The summed E-state index contributed by atoms with van der Waals surface area (Å²) in [4.78, 5) is 11.0. The molecule has 4 nitrogen and oxygen atoms in total. The van der Waals surface area contributed by atoms with Crippen LogP contribution in [0.3, 0.4) is 0 Å². The lowest BCUT2D eigenvalue weighted by atomic mass is 10.1. The Labute approximate surface area is 94.9 Å². The van der Waals surface area contributed by atoms with Crippen molar-refractivity contribution in [2.24, 2.45) is 0 Å². The largest absolute Gasteiger partial charge is 0.478 e. The number of aryl methyl sites for hydroxylation is 1. The van der Waals surface area contributed by atoms with Crippen LogP contribution in [0.5, 0.6) is 0 Å². The average Bonchev–Trinajstić information content (AvgIpc) is 2.13. The second-order valence-electron chi connectivity index (χ2n) is 4.52. The Bertz CT molecular complexity index is 394. The smallest absolute Gasteiger partial charge is 0.337 e. The van der Waals surface area contributed by atoms with Crippen LogP contribution < -0.4 is 5.32 Å². The second kappa shape index (κ2) is 4.53. The molecule has 0 fully saturated rings. The highest BCUT2D eigenvalue weighted by Crippen LogP contribution is 2.18. The number of rotatable bonds is 4. The first kappa shape index (κ1) is 12.5. The zero-order chi connectivity index (χ0) is 12.3. The van der Waals surface area contributed by atoms with Gasteiger partial charge in [-0.25, -0.2) is 4.79 Å². The van der Waals surface area contributed by atoms with Gasteiger partial charge in [-0.2, -0.15) is 0 Å². The molecule has 0 saturated carbocycles. The Morgan fingerprint density at radius 2 is 2.06 bits per heavy atom. The van der Waals surface area contributed by atoms with Crippen molar-refractivity contribution >= 4 is 11.7 Å². The van der Waals surface area contributed by atoms with E-state index < -0.39 is 11.6 Å². The van der Waals surface area contributed by atoms with E-state index >= 15 is 0 Å². The van der Waals surface area contributed by atoms with Gasteiger partial charge in [0.25, 0.3) is 0 Å². The maximum absolute atomic E-state index is 11.0. The van der Waals surface area contributed by atoms with Crippen LogP contribution in [0.1, 0.15) is 29.8 Å².